The highest BCUT2D eigenvalue weighted by atomic mass is 33.1. The van der Waals surface area contributed by atoms with Gasteiger partial charge in [0.15, 0.2) is 0 Å². The molecule has 16 heavy (non-hydrogen) atoms. The van der Waals surface area contributed by atoms with Gasteiger partial charge in [-0.3, -0.25) is 0 Å². The van der Waals surface area contributed by atoms with Crippen LogP contribution >= 0.6 is 21.6 Å². The predicted octanol–water partition coefficient (Wildman–Crippen LogP) is 2.88. The van der Waals surface area contributed by atoms with E-state index in [0.29, 0.717) is 0 Å². The normalized spacial score (nSPS) is 9.12. The van der Waals surface area contributed by atoms with Crippen molar-refractivity contribution in [1.29, 1.82) is 0 Å². The minimum absolute atomic E-state index is 1.00. The molecule has 2 heterocycles. The molecular weight excluding hydrogens is 240 g/mol. The molecule has 0 atom stereocenters. The van der Waals surface area contributed by atoms with Crippen molar-refractivity contribution in [3.05, 3.63) is 48.8 Å². The van der Waals surface area contributed by atoms with Gasteiger partial charge in [-0.15, -0.1) is 0 Å². The summed E-state index contributed by atoms with van der Waals surface area (Å²) in [4.78, 5) is 8.42. The van der Waals surface area contributed by atoms with Crippen LogP contribution in [0.25, 0.3) is 0 Å². The maximum Gasteiger partial charge on any atom is 0.107 e. The standard InChI is InChI=1S/C10H8N2S2.CH4O/c1-3-7-11-9(5-1)13-14-10-6-2-4-8-12-10;1-2/h1-8H;2H,1H3. The Labute approximate surface area is 103 Å². The van der Waals surface area contributed by atoms with Gasteiger partial charge in [0.25, 0.3) is 0 Å². The Kier molecular flexibility index (Phi) is 6.64. The first kappa shape index (κ1) is 13.0. The zero-order valence-electron chi connectivity index (χ0n) is 8.78. The lowest BCUT2D eigenvalue weighted by Gasteiger charge is -1.97. The fourth-order valence-corrected chi connectivity index (χ4v) is 2.63. The summed E-state index contributed by atoms with van der Waals surface area (Å²) in [6.45, 7) is 0. The maximum atomic E-state index is 7.00. The molecule has 0 amide bonds. The van der Waals surface area contributed by atoms with Gasteiger partial charge in [-0.25, -0.2) is 9.97 Å². The Bertz CT molecular complexity index is 344. The molecule has 0 saturated carbocycles. The lowest BCUT2D eigenvalue weighted by atomic mass is 10.5. The fraction of sp³-hybridized carbons (Fsp3) is 0.0909. The number of aliphatic hydroxyl groups excluding tert-OH is 1. The second-order valence-electron chi connectivity index (χ2n) is 2.50. The first-order valence-corrected chi connectivity index (χ1v) is 6.71. The molecule has 0 radical (unpaired) electrons. The van der Waals surface area contributed by atoms with Gasteiger partial charge in [-0.2, -0.15) is 0 Å². The van der Waals surface area contributed by atoms with E-state index in [9.17, 15) is 0 Å². The van der Waals surface area contributed by atoms with Crippen molar-refractivity contribution < 1.29 is 5.11 Å². The molecule has 0 aliphatic rings. The van der Waals surface area contributed by atoms with Gasteiger partial charge in [-0.1, -0.05) is 12.1 Å². The molecule has 3 nitrogen and oxygen atoms in total. The lowest BCUT2D eigenvalue weighted by molar-refractivity contribution is 0.399. The number of hydrogen-bond acceptors (Lipinski definition) is 5. The van der Waals surface area contributed by atoms with Gasteiger partial charge < -0.3 is 5.11 Å². The van der Waals surface area contributed by atoms with E-state index in [0.717, 1.165) is 17.2 Å². The van der Waals surface area contributed by atoms with E-state index in [1.807, 2.05) is 36.4 Å². The average Bonchev–Trinajstić information content (AvgIpc) is 2.41. The summed E-state index contributed by atoms with van der Waals surface area (Å²) in [6.07, 6.45) is 3.59. The second-order valence-corrected chi connectivity index (χ2v) is 4.67. The van der Waals surface area contributed by atoms with Crippen LogP contribution < -0.4 is 0 Å². The molecule has 0 aliphatic heterocycles. The van der Waals surface area contributed by atoms with Gasteiger partial charge in [0.05, 0.1) is 0 Å². The molecule has 0 saturated heterocycles. The van der Waals surface area contributed by atoms with E-state index in [1.165, 1.54) is 0 Å². The topological polar surface area (TPSA) is 46.0 Å². The third kappa shape index (κ3) is 4.65. The van der Waals surface area contributed by atoms with Gasteiger partial charge in [0.1, 0.15) is 10.1 Å². The van der Waals surface area contributed by atoms with Crippen LogP contribution in [0.5, 0.6) is 0 Å². The van der Waals surface area contributed by atoms with Crippen LogP contribution in [0, 0.1) is 0 Å². The minimum Gasteiger partial charge on any atom is -0.400 e. The first-order chi connectivity index (χ1) is 7.95. The van der Waals surface area contributed by atoms with Gasteiger partial charge in [0.2, 0.25) is 0 Å². The monoisotopic (exact) mass is 252 g/mol. The summed E-state index contributed by atoms with van der Waals surface area (Å²) in [5, 5.41) is 9.01. The van der Waals surface area contributed by atoms with Gasteiger partial charge in [-0.05, 0) is 45.9 Å². The number of hydrogen-bond donors (Lipinski definition) is 1. The molecular formula is C11H12N2OS2. The Morgan fingerprint density at radius 3 is 1.56 bits per heavy atom. The summed E-state index contributed by atoms with van der Waals surface area (Å²) in [5.74, 6) is 0. The Morgan fingerprint density at radius 1 is 0.812 bits per heavy atom. The van der Waals surface area contributed by atoms with Crippen LogP contribution in [-0.2, 0) is 0 Å². The molecule has 1 N–H and O–H groups in total. The Balaban J connectivity index is 0.000000606. The van der Waals surface area contributed by atoms with Crippen LogP contribution in [0.1, 0.15) is 0 Å². The van der Waals surface area contributed by atoms with Crippen molar-refractivity contribution in [3.8, 4) is 0 Å². The zero-order chi connectivity index (χ0) is 11.6. The molecule has 2 aromatic heterocycles. The van der Waals surface area contributed by atoms with E-state index in [4.69, 9.17) is 5.11 Å². The van der Waals surface area contributed by atoms with E-state index in [1.54, 1.807) is 34.0 Å². The van der Waals surface area contributed by atoms with Crippen LogP contribution in [0.4, 0.5) is 0 Å². The molecule has 0 aromatic carbocycles. The summed E-state index contributed by atoms with van der Waals surface area (Å²) >= 11 is 0. The molecule has 0 fully saturated rings. The second kappa shape index (κ2) is 8.15. The third-order valence-corrected chi connectivity index (χ3v) is 3.67. The van der Waals surface area contributed by atoms with Gasteiger partial charge >= 0.3 is 0 Å². The SMILES string of the molecule is CO.c1ccc(SSc2ccccn2)nc1. The molecule has 5 heteroatoms. The fourth-order valence-electron chi connectivity index (χ4n) is 0.878. The molecule has 2 rings (SSSR count). The predicted molar refractivity (Wildman–Crippen MR) is 68.3 cm³/mol. The quantitative estimate of drug-likeness (QED) is 0.851. The summed E-state index contributed by atoms with van der Waals surface area (Å²) in [7, 11) is 4.23. The van der Waals surface area contributed by atoms with Gasteiger partial charge in [0, 0.05) is 19.5 Å². The number of rotatable bonds is 3. The van der Waals surface area contributed by atoms with Crippen molar-refractivity contribution >= 4 is 21.6 Å². The van der Waals surface area contributed by atoms with Crippen molar-refractivity contribution in [2.45, 2.75) is 10.1 Å². The smallest absolute Gasteiger partial charge is 0.107 e. The molecule has 0 aliphatic carbocycles. The van der Waals surface area contributed by atoms with Crippen molar-refractivity contribution in [2.24, 2.45) is 0 Å². The number of aromatic nitrogens is 2. The number of pyridine rings is 2. The first-order valence-electron chi connectivity index (χ1n) is 4.56. The summed E-state index contributed by atoms with van der Waals surface area (Å²) in [6, 6.07) is 11.8. The average molecular weight is 252 g/mol. The highest BCUT2D eigenvalue weighted by Gasteiger charge is 1.97. The van der Waals surface area contributed by atoms with E-state index < -0.39 is 0 Å². The maximum absolute atomic E-state index is 7.00. The molecule has 84 valence electrons. The molecule has 0 unspecified atom stereocenters. The Morgan fingerprint density at radius 2 is 1.25 bits per heavy atom. The van der Waals surface area contributed by atoms with Crippen LogP contribution in [0.2, 0.25) is 0 Å². The summed E-state index contributed by atoms with van der Waals surface area (Å²) in [5.41, 5.74) is 0. The Hall–Kier alpha value is -1.04. The van der Waals surface area contributed by atoms with E-state index >= 15 is 0 Å². The van der Waals surface area contributed by atoms with E-state index in [2.05, 4.69) is 9.97 Å². The number of aliphatic hydroxyl groups is 1. The minimum atomic E-state index is 1.00. The van der Waals surface area contributed by atoms with Crippen molar-refractivity contribution in [2.75, 3.05) is 7.11 Å². The highest BCUT2D eigenvalue weighted by molar-refractivity contribution is 8.76. The molecule has 0 spiro atoms. The largest absolute Gasteiger partial charge is 0.400 e. The lowest BCUT2D eigenvalue weighted by Crippen LogP contribution is -1.75. The molecule has 2 aromatic rings. The summed E-state index contributed by atoms with van der Waals surface area (Å²) < 4.78 is 0. The van der Waals surface area contributed by atoms with Crippen molar-refractivity contribution in [3.63, 3.8) is 0 Å². The highest BCUT2D eigenvalue weighted by Crippen LogP contribution is 2.34. The number of nitrogens with zero attached hydrogens (tertiary/aromatic N) is 2. The third-order valence-electron chi connectivity index (χ3n) is 1.49. The van der Waals surface area contributed by atoms with Crippen LogP contribution in [0.15, 0.2) is 58.8 Å². The van der Waals surface area contributed by atoms with Crippen molar-refractivity contribution in [1.82, 2.24) is 9.97 Å². The van der Waals surface area contributed by atoms with Crippen LogP contribution in [0.3, 0.4) is 0 Å². The van der Waals surface area contributed by atoms with Crippen LogP contribution in [-0.4, -0.2) is 22.2 Å². The van der Waals surface area contributed by atoms with E-state index in [-0.39, 0.29) is 0 Å². The zero-order valence-corrected chi connectivity index (χ0v) is 10.4. The molecule has 0 bridgehead atoms.